The topological polar surface area (TPSA) is 24.9 Å². The molecule has 1 aromatic carbocycles. The molecule has 0 aliphatic rings. The summed E-state index contributed by atoms with van der Waals surface area (Å²) >= 11 is 1.78. The lowest BCUT2D eigenvalue weighted by atomic mass is 9.93. The smallest absolute Gasteiger partial charge is 0.0935 e. The van der Waals surface area contributed by atoms with E-state index in [4.69, 9.17) is 4.98 Å². The van der Waals surface area contributed by atoms with Crippen molar-refractivity contribution >= 4 is 11.3 Å². The Morgan fingerprint density at radius 2 is 1.76 bits per heavy atom. The maximum absolute atomic E-state index is 4.80. The molecule has 1 N–H and O–H groups in total. The first kappa shape index (κ1) is 16.2. The van der Waals surface area contributed by atoms with Crippen molar-refractivity contribution in [3.8, 4) is 11.3 Å². The number of benzene rings is 1. The van der Waals surface area contributed by atoms with Crippen LogP contribution in [0.1, 0.15) is 32.7 Å². The fourth-order valence-electron chi connectivity index (χ4n) is 2.25. The fourth-order valence-corrected chi connectivity index (χ4v) is 3.19. The van der Waals surface area contributed by atoms with Crippen LogP contribution in [0.15, 0.2) is 35.7 Å². The van der Waals surface area contributed by atoms with Crippen molar-refractivity contribution in [2.45, 2.75) is 40.2 Å². The van der Waals surface area contributed by atoms with E-state index in [9.17, 15) is 0 Å². The lowest BCUT2D eigenvalue weighted by molar-refractivity contribution is 0.354. The first-order valence-electron chi connectivity index (χ1n) is 7.79. The van der Waals surface area contributed by atoms with Crippen LogP contribution in [0.3, 0.4) is 0 Å². The quantitative estimate of drug-likeness (QED) is 0.807. The summed E-state index contributed by atoms with van der Waals surface area (Å²) in [5.41, 5.74) is 2.32. The molecule has 2 nitrogen and oxygen atoms in total. The average Bonchev–Trinajstić information content (AvgIpc) is 2.94. The van der Waals surface area contributed by atoms with Crippen molar-refractivity contribution in [1.29, 1.82) is 0 Å². The number of hydrogen-bond acceptors (Lipinski definition) is 3. The highest BCUT2D eigenvalue weighted by Crippen LogP contribution is 2.25. The molecule has 2 atom stereocenters. The molecule has 21 heavy (non-hydrogen) atoms. The molecular weight excluding hydrogens is 276 g/mol. The SMILES string of the molecule is CC(C)NCC(C)C(C)Cc1nc(-c2ccccc2)cs1. The minimum atomic E-state index is 0.559. The van der Waals surface area contributed by atoms with Crippen molar-refractivity contribution in [3.05, 3.63) is 40.7 Å². The number of nitrogens with one attached hydrogen (secondary N) is 1. The van der Waals surface area contributed by atoms with Crippen LogP contribution in [-0.2, 0) is 6.42 Å². The number of thiazole rings is 1. The number of nitrogens with zero attached hydrogens (tertiary/aromatic N) is 1. The predicted molar refractivity (Wildman–Crippen MR) is 92.7 cm³/mol. The zero-order valence-corrected chi connectivity index (χ0v) is 14.3. The standard InChI is InChI=1S/C18H26N2S/c1-13(2)19-11-15(4)14(3)10-18-20-17(12-21-18)16-8-6-5-7-9-16/h5-9,12-15,19H,10-11H2,1-4H3. The summed E-state index contributed by atoms with van der Waals surface area (Å²) in [5, 5.41) is 6.95. The van der Waals surface area contributed by atoms with Gasteiger partial charge < -0.3 is 5.32 Å². The predicted octanol–water partition coefficient (Wildman–Crippen LogP) is 4.62. The molecule has 114 valence electrons. The van der Waals surface area contributed by atoms with E-state index in [-0.39, 0.29) is 0 Å². The Balaban J connectivity index is 1.93. The second-order valence-electron chi connectivity index (χ2n) is 6.21. The van der Waals surface area contributed by atoms with Gasteiger partial charge in [-0.3, -0.25) is 0 Å². The molecule has 2 rings (SSSR count). The first-order chi connectivity index (χ1) is 10.1. The van der Waals surface area contributed by atoms with E-state index >= 15 is 0 Å². The van der Waals surface area contributed by atoms with Crippen LogP contribution in [0.25, 0.3) is 11.3 Å². The molecule has 0 amide bonds. The molecule has 0 radical (unpaired) electrons. The highest BCUT2D eigenvalue weighted by molar-refractivity contribution is 7.09. The molecule has 3 heteroatoms. The second kappa shape index (κ2) is 7.71. The van der Waals surface area contributed by atoms with Gasteiger partial charge in [-0.1, -0.05) is 58.0 Å². The van der Waals surface area contributed by atoms with Gasteiger partial charge in [0.1, 0.15) is 0 Å². The van der Waals surface area contributed by atoms with Crippen LogP contribution in [0.4, 0.5) is 0 Å². The summed E-state index contributed by atoms with van der Waals surface area (Å²) in [6.45, 7) is 10.1. The van der Waals surface area contributed by atoms with Gasteiger partial charge in [0.25, 0.3) is 0 Å². The van der Waals surface area contributed by atoms with E-state index < -0.39 is 0 Å². The Morgan fingerprint density at radius 3 is 2.43 bits per heavy atom. The Hall–Kier alpha value is -1.19. The minimum absolute atomic E-state index is 0.559. The monoisotopic (exact) mass is 302 g/mol. The Labute approximate surface area is 132 Å². The van der Waals surface area contributed by atoms with Gasteiger partial charge in [0.2, 0.25) is 0 Å². The maximum atomic E-state index is 4.80. The molecule has 2 aromatic rings. The first-order valence-corrected chi connectivity index (χ1v) is 8.67. The fraction of sp³-hybridized carbons (Fsp3) is 0.500. The van der Waals surface area contributed by atoms with Crippen LogP contribution < -0.4 is 5.32 Å². The number of aromatic nitrogens is 1. The largest absolute Gasteiger partial charge is 0.314 e. The number of rotatable bonds is 7. The zero-order chi connectivity index (χ0) is 15.2. The van der Waals surface area contributed by atoms with E-state index in [0.717, 1.165) is 18.7 Å². The molecule has 0 aliphatic heterocycles. The van der Waals surface area contributed by atoms with E-state index in [1.54, 1.807) is 11.3 Å². The van der Waals surface area contributed by atoms with E-state index in [1.165, 1.54) is 10.6 Å². The van der Waals surface area contributed by atoms with Crippen molar-refractivity contribution in [2.75, 3.05) is 6.54 Å². The average molecular weight is 302 g/mol. The van der Waals surface area contributed by atoms with Crippen molar-refractivity contribution in [1.82, 2.24) is 10.3 Å². The van der Waals surface area contributed by atoms with Gasteiger partial charge in [0.15, 0.2) is 0 Å². The zero-order valence-electron chi connectivity index (χ0n) is 13.5. The van der Waals surface area contributed by atoms with Gasteiger partial charge in [0.05, 0.1) is 10.7 Å². The van der Waals surface area contributed by atoms with E-state index in [0.29, 0.717) is 17.9 Å². The Bertz CT molecular complexity index is 533. The van der Waals surface area contributed by atoms with Crippen LogP contribution in [-0.4, -0.2) is 17.6 Å². The van der Waals surface area contributed by atoms with Crippen molar-refractivity contribution in [3.63, 3.8) is 0 Å². The van der Waals surface area contributed by atoms with Crippen LogP contribution in [0.5, 0.6) is 0 Å². The summed E-state index contributed by atoms with van der Waals surface area (Å²) < 4.78 is 0. The molecule has 1 heterocycles. The molecule has 0 aliphatic carbocycles. The van der Waals surface area contributed by atoms with Gasteiger partial charge in [-0.05, 0) is 18.4 Å². The molecule has 0 spiro atoms. The van der Waals surface area contributed by atoms with Crippen LogP contribution in [0.2, 0.25) is 0 Å². The molecule has 0 bridgehead atoms. The van der Waals surface area contributed by atoms with Gasteiger partial charge in [-0.15, -0.1) is 11.3 Å². The summed E-state index contributed by atoms with van der Waals surface area (Å²) in [6, 6.07) is 11.0. The van der Waals surface area contributed by atoms with Gasteiger partial charge in [-0.25, -0.2) is 4.98 Å². The van der Waals surface area contributed by atoms with E-state index in [2.05, 4.69) is 62.7 Å². The lowest BCUT2D eigenvalue weighted by Crippen LogP contribution is -2.31. The van der Waals surface area contributed by atoms with Gasteiger partial charge in [-0.2, -0.15) is 0 Å². The molecule has 1 aromatic heterocycles. The number of hydrogen-bond donors (Lipinski definition) is 1. The maximum Gasteiger partial charge on any atom is 0.0935 e. The molecule has 0 fully saturated rings. The summed E-state index contributed by atoms with van der Waals surface area (Å²) in [5.74, 6) is 1.31. The van der Waals surface area contributed by atoms with Crippen molar-refractivity contribution < 1.29 is 0 Å². The summed E-state index contributed by atoms with van der Waals surface area (Å²) in [4.78, 5) is 4.80. The third-order valence-electron chi connectivity index (χ3n) is 3.94. The van der Waals surface area contributed by atoms with Crippen molar-refractivity contribution in [2.24, 2.45) is 11.8 Å². The third kappa shape index (κ3) is 4.94. The third-order valence-corrected chi connectivity index (χ3v) is 4.81. The van der Waals surface area contributed by atoms with Crippen LogP contribution >= 0.6 is 11.3 Å². The van der Waals surface area contributed by atoms with Gasteiger partial charge in [0, 0.05) is 23.4 Å². The van der Waals surface area contributed by atoms with E-state index in [1.807, 2.05) is 6.07 Å². The highest BCUT2D eigenvalue weighted by Gasteiger charge is 2.15. The molecule has 0 saturated carbocycles. The van der Waals surface area contributed by atoms with Gasteiger partial charge >= 0.3 is 0 Å². The summed E-state index contributed by atoms with van der Waals surface area (Å²) in [6.07, 6.45) is 1.07. The highest BCUT2D eigenvalue weighted by atomic mass is 32.1. The molecule has 2 unspecified atom stereocenters. The molecule has 0 saturated heterocycles. The van der Waals surface area contributed by atoms with Crippen LogP contribution in [0, 0.1) is 11.8 Å². The Morgan fingerprint density at radius 1 is 1.05 bits per heavy atom. The normalized spacial score (nSPS) is 14.3. The minimum Gasteiger partial charge on any atom is -0.314 e. The lowest BCUT2D eigenvalue weighted by Gasteiger charge is -2.20. The Kier molecular flexibility index (Phi) is 5.95. The second-order valence-corrected chi connectivity index (χ2v) is 7.16. The summed E-state index contributed by atoms with van der Waals surface area (Å²) in [7, 11) is 0. The molecular formula is C18H26N2S.